The number of amides is 1. The lowest BCUT2D eigenvalue weighted by atomic mass is 10.3. The van der Waals surface area contributed by atoms with Crippen molar-refractivity contribution in [3.05, 3.63) is 30.3 Å². The molecule has 14 heavy (non-hydrogen) atoms. The third-order valence-corrected chi connectivity index (χ3v) is 2.51. The molecule has 0 atom stereocenters. The number of hydrogen-bond acceptors (Lipinski definition) is 2. The van der Waals surface area contributed by atoms with Gasteiger partial charge in [-0.2, -0.15) is 11.8 Å². The summed E-state index contributed by atoms with van der Waals surface area (Å²) in [6.45, 7) is 0. The van der Waals surface area contributed by atoms with Crippen LogP contribution in [0.3, 0.4) is 0 Å². The lowest BCUT2D eigenvalue weighted by Gasteiger charge is -2.03. The quantitative estimate of drug-likeness (QED) is 0.755. The van der Waals surface area contributed by atoms with Crippen molar-refractivity contribution in [1.29, 1.82) is 0 Å². The van der Waals surface area contributed by atoms with Crippen LogP contribution in [0, 0.1) is 0 Å². The van der Waals surface area contributed by atoms with Gasteiger partial charge in [0, 0.05) is 12.1 Å². The molecule has 0 aliphatic carbocycles. The Kier molecular flexibility index (Phi) is 5.15. The highest BCUT2D eigenvalue weighted by molar-refractivity contribution is 7.98. The van der Waals surface area contributed by atoms with Gasteiger partial charge >= 0.3 is 0 Å². The van der Waals surface area contributed by atoms with Crippen molar-refractivity contribution >= 4 is 23.4 Å². The molecule has 0 saturated heterocycles. The molecule has 0 aliphatic rings. The number of para-hydroxylation sites is 1. The molecule has 0 spiro atoms. The van der Waals surface area contributed by atoms with Crippen LogP contribution in [0.5, 0.6) is 0 Å². The molecule has 1 N–H and O–H groups in total. The van der Waals surface area contributed by atoms with Crippen molar-refractivity contribution < 1.29 is 4.79 Å². The van der Waals surface area contributed by atoms with E-state index in [1.807, 2.05) is 30.3 Å². The van der Waals surface area contributed by atoms with Crippen LogP contribution in [0.15, 0.2) is 30.3 Å². The van der Waals surface area contributed by atoms with E-state index in [-0.39, 0.29) is 5.91 Å². The Balaban J connectivity index is 2.27. The summed E-state index contributed by atoms with van der Waals surface area (Å²) >= 11 is 1.77. The van der Waals surface area contributed by atoms with Gasteiger partial charge in [0.25, 0.3) is 0 Å². The smallest absolute Gasteiger partial charge is 0.224 e. The van der Waals surface area contributed by atoms with Crippen LogP contribution in [0.25, 0.3) is 0 Å². The molecular formula is C11H15NOS. The number of benzene rings is 1. The zero-order valence-electron chi connectivity index (χ0n) is 8.32. The first kappa shape index (κ1) is 11.1. The summed E-state index contributed by atoms with van der Waals surface area (Å²) in [6.07, 6.45) is 3.60. The maximum absolute atomic E-state index is 11.4. The van der Waals surface area contributed by atoms with Gasteiger partial charge in [-0.1, -0.05) is 18.2 Å². The van der Waals surface area contributed by atoms with Gasteiger partial charge in [0.15, 0.2) is 0 Å². The molecule has 0 heterocycles. The average molecular weight is 209 g/mol. The zero-order chi connectivity index (χ0) is 10.2. The van der Waals surface area contributed by atoms with Crippen LogP contribution in [0.1, 0.15) is 12.8 Å². The first-order valence-corrected chi connectivity index (χ1v) is 6.06. The summed E-state index contributed by atoms with van der Waals surface area (Å²) in [4.78, 5) is 11.4. The van der Waals surface area contributed by atoms with Crippen molar-refractivity contribution in [2.24, 2.45) is 0 Å². The van der Waals surface area contributed by atoms with Gasteiger partial charge in [-0.25, -0.2) is 0 Å². The van der Waals surface area contributed by atoms with Gasteiger partial charge in [0.05, 0.1) is 0 Å². The van der Waals surface area contributed by atoms with Crippen molar-refractivity contribution in [2.75, 3.05) is 17.3 Å². The molecular weight excluding hydrogens is 194 g/mol. The van der Waals surface area contributed by atoms with Crippen molar-refractivity contribution in [3.63, 3.8) is 0 Å². The number of rotatable bonds is 5. The van der Waals surface area contributed by atoms with Crippen molar-refractivity contribution in [2.45, 2.75) is 12.8 Å². The van der Waals surface area contributed by atoms with E-state index in [0.29, 0.717) is 6.42 Å². The molecule has 0 aliphatic heterocycles. The number of thioether (sulfide) groups is 1. The van der Waals surface area contributed by atoms with Crippen LogP contribution in [-0.4, -0.2) is 17.9 Å². The second-order valence-electron chi connectivity index (χ2n) is 3.01. The Hall–Kier alpha value is -0.960. The second-order valence-corrected chi connectivity index (χ2v) is 4.00. The molecule has 1 aromatic rings. The van der Waals surface area contributed by atoms with Crippen LogP contribution in [0.4, 0.5) is 5.69 Å². The highest BCUT2D eigenvalue weighted by Crippen LogP contribution is 2.06. The van der Waals surface area contributed by atoms with Crippen LogP contribution < -0.4 is 5.32 Å². The number of carbonyl (C=O) groups excluding carboxylic acids is 1. The SMILES string of the molecule is CSCCCC(=O)Nc1ccccc1. The van der Waals surface area contributed by atoms with Gasteiger partial charge in [-0.15, -0.1) is 0 Å². The van der Waals surface area contributed by atoms with Gasteiger partial charge in [0.1, 0.15) is 0 Å². The van der Waals surface area contributed by atoms with E-state index in [2.05, 4.69) is 11.6 Å². The molecule has 2 nitrogen and oxygen atoms in total. The summed E-state index contributed by atoms with van der Waals surface area (Å²) in [5.41, 5.74) is 0.877. The predicted molar refractivity (Wildman–Crippen MR) is 62.7 cm³/mol. The Morgan fingerprint density at radius 1 is 1.36 bits per heavy atom. The minimum Gasteiger partial charge on any atom is -0.326 e. The molecule has 1 amide bonds. The van der Waals surface area contributed by atoms with Gasteiger partial charge in [0.2, 0.25) is 5.91 Å². The van der Waals surface area contributed by atoms with E-state index in [9.17, 15) is 4.79 Å². The lowest BCUT2D eigenvalue weighted by molar-refractivity contribution is -0.116. The van der Waals surface area contributed by atoms with Crippen molar-refractivity contribution in [3.8, 4) is 0 Å². The first-order chi connectivity index (χ1) is 6.83. The fourth-order valence-electron chi connectivity index (χ4n) is 1.12. The maximum atomic E-state index is 11.4. The van der Waals surface area contributed by atoms with E-state index in [4.69, 9.17) is 0 Å². The number of carbonyl (C=O) groups is 1. The summed E-state index contributed by atoms with van der Waals surface area (Å²) < 4.78 is 0. The Morgan fingerprint density at radius 3 is 2.71 bits per heavy atom. The molecule has 0 fully saturated rings. The molecule has 0 unspecified atom stereocenters. The molecule has 0 radical (unpaired) electrons. The molecule has 0 bridgehead atoms. The van der Waals surface area contributed by atoms with Crippen LogP contribution >= 0.6 is 11.8 Å². The van der Waals surface area contributed by atoms with E-state index >= 15 is 0 Å². The van der Waals surface area contributed by atoms with E-state index in [1.54, 1.807) is 11.8 Å². The van der Waals surface area contributed by atoms with Crippen LogP contribution in [-0.2, 0) is 4.79 Å². The van der Waals surface area contributed by atoms with Gasteiger partial charge in [-0.05, 0) is 30.6 Å². The minimum atomic E-state index is 0.102. The minimum absolute atomic E-state index is 0.102. The third-order valence-electron chi connectivity index (χ3n) is 1.81. The van der Waals surface area contributed by atoms with E-state index < -0.39 is 0 Å². The fourth-order valence-corrected chi connectivity index (χ4v) is 1.56. The van der Waals surface area contributed by atoms with Crippen molar-refractivity contribution in [1.82, 2.24) is 0 Å². The maximum Gasteiger partial charge on any atom is 0.224 e. The van der Waals surface area contributed by atoms with E-state index in [0.717, 1.165) is 17.9 Å². The molecule has 3 heteroatoms. The normalized spacial score (nSPS) is 9.79. The molecule has 0 saturated carbocycles. The monoisotopic (exact) mass is 209 g/mol. The van der Waals surface area contributed by atoms with Gasteiger partial charge < -0.3 is 5.32 Å². The Labute approximate surface area is 89.1 Å². The molecule has 0 aromatic heterocycles. The Morgan fingerprint density at radius 2 is 2.07 bits per heavy atom. The highest BCUT2D eigenvalue weighted by atomic mass is 32.2. The third kappa shape index (κ3) is 4.33. The number of hydrogen-bond donors (Lipinski definition) is 1. The van der Waals surface area contributed by atoms with E-state index in [1.165, 1.54) is 0 Å². The standard InChI is InChI=1S/C11H15NOS/c1-14-9-5-8-11(13)12-10-6-3-2-4-7-10/h2-4,6-7H,5,8-9H2,1H3,(H,12,13). The second kappa shape index (κ2) is 6.49. The predicted octanol–water partition coefficient (Wildman–Crippen LogP) is 2.77. The molecule has 76 valence electrons. The largest absolute Gasteiger partial charge is 0.326 e. The average Bonchev–Trinajstić information content (AvgIpc) is 2.20. The number of nitrogens with one attached hydrogen (secondary N) is 1. The summed E-state index contributed by atoms with van der Waals surface area (Å²) in [5.74, 6) is 1.15. The highest BCUT2D eigenvalue weighted by Gasteiger charge is 2.00. The Bertz CT molecular complexity index is 274. The van der Waals surface area contributed by atoms with Gasteiger partial charge in [-0.3, -0.25) is 4.79 Å². The first-order valence-electron chi connectivity index (χ1n) is 4.67. The molecule has 1 rings (SSSR count). The molecule has 1 aromatic carbocycles. The summed E-state index contributed by atoms with van der Waals surface area (Å²) in [5, 5.41) is 2.85. The lowest BCUT2D eigenvalue weighted by Crippen LogP contribution is -2.11. The zero-order valence-corrected chi connectivity index (χ0v) is 9.14. The summed E-state index contributed by atoms with van der Waals surface area (Å²) in [6, 6.07) is 9.55. The summed E-state index contributed by atoms with van der Waals surface area (Å²) in [7, 11) is 0. The van der Waals surface area contributed by atoms with Crippen LogP contribution in [0.2, 0.25) is 0 Å². The fraction of sp³-hybridized carbons (Fsp3) is 0.364. The number of anilines is 1. The topological polar surface area (TPSA) is 29.1 Å².